The van der Waals surface area contributed by atoms with Gasteiger partial charge in [-0.2, -0.15) is 5.10 Å². The molecule has 0 saturated carbocycles. The highest BCUT2D eigenvalue weighted by Gasteiger charge is 2.32. The topological polar surface area (TPSA) is 84.2 Å². The number of likely N-dealkylation sites (tertiary alicyclic amines) is 1. The highest BCUT2D eigenvalue weighted by atomic mass is 16.2. The summed E-state index contributed by atoms with van der Waals surface area (Å²) in [5.41, 5.74) is 3.03. The minimum Gasteiger partial charge on any atom is -0.342 e. The summed E-state index contributed by atoms with van der Waals surface area (Å²) in [6.07, 6.45) is 5.43. The summed E-state index contributed by atoms with van der Waals surface area (Å²) in [7, 11) is 0. The second-order valence-electron chi connectivity index (χ2n) is 8.24. The fourth-order valence-corrected chi connectivity index (χ4v) is 4.20. The Hall–Kier alpha value is -2.77. The van der Waals surface area contributed by atoms with Crippen LogP contribution in [0.1, 0.15) is 49.0 Å². The van der Waals surface area contributed by atoms with Crippen molar-refractivity contribution in [2.75, 3.05) is 19.6 Å². The monoisotopic (exact) mass is 396 g/mol. The Morgan fingerprint density at radius 3 is 2.83 bits per heavy atom. The second-order valence-corrected chi connectivity index (χ2v) is 8.24. The van der Waals surface area contributed by atoms with Gasteiger partial charge in [-0.15, -0.1) is 0 Å². The lowest BCUT2D eigenvalue weighted by Gasteiger charge is -2.27. The zero-order chi connectivity index (χ0) is 20.5. The maximum absolute atomic E-state index is 12.9. The largest absolute Gasteiger partial charge is 0.342 e. The molecule has 4 rings (SSSR count). The summed E-state index contributed by atoms with van der Waals surface area (Å²) in [5.74, 6) is 1.13. The van der Waals surface area contributed by atoms with E-state index < -0.39 is 0 Å². The van der Waals surface area contributed by atoms with Crippen LogP contribution in [0.4, 0.5) is 0 Å². The second kappa shape index (κ2) is 7.93. The average Bonchev–Trinajstić information content (AvgIpc) is 3.35. The normalized spacial score (nSPS) is 19.9. The van der Waals surface area contributed by atoms with Crippen molar-refractivity contribution in [1.82, 2.24) is 29.5 Å². The summed E-state index contributed by atoms with van der Waals surface area (Å²) in [6, 6.07) is 1.95. The zero-order valence-electron chi connectivity index (χ0n) is 17.3. The first-order chi connectivity index (χ1) is 13.9. The van der Waals surface area contributed by atoms with Crippen molar-refractivity contribution in [3.8, 4) is 0 Å². The van der Waals surface area contributed by atoms with E-state index in [0.29, 0.717) is 26.2 Å². The number of amides is 2. The molecule has 2 atom stereocenters. The van der Waals surface area contributed by atoms with Gasteiger partial charge < -0.3 is 9.80 Å². The van der Waals surface area contributed by atoms with Crippen molar-refractivity contribution in [3.05, 3.63) is 41.2 Å². The van der Waals surface area contributed by atoms with Crippen molar-refractivity contribution in [2.45, 2.75) is 52.6 Å². The standard InChI is InChI=1S/C21H28N6O2/c1-14(11-27-9-4-15(2)24-27)21(29)26-7-5-17(12-26)20-22-10-18-13-25(16(3)28)8-6-19(18)23-20/h4,9-10,14,17H,5-8,11-13H2,1-3H3/t14-,17-/m0/s1. The number of carbonyl (C=O) groups excluding carboxylic acids is 2. The van der Waals surface area contributed by atoms with E-state index in [1.165, 1.54) is 0 Å². The van der Waals surface area contributed by atoms with Crippen LogP contribution in [0.3, 0.4) is 0 Å². The molecule has 0 N–H and O–H groups in total. The number of hydrogen-bond acceptors (Lipinski definition) is 5. The van der Waals surface area contributed by atoms with Crippen LogP contribution in [0.15, 0.2) is 18.5 Å². The Labute approximate surface area is 170 Å². The van der Waals surface area contributed by atoms with E-state index in [1.54, 1.807) is 6.92 Å². The summed E-state index contributed by atoms with van der Waals surface area (Å²) in [6.45, 7) is 8.80. The molecule has 154 valence electrons. The van der Waals surface area contributed by atoms with Crippen molar-refractivity contribution in [1.29, 1.82) is 0 Å². The lowest BCUT2D eigenvalue weighted by molar-refractivity contribution is -0.134. The predicted octanol–water partition coefficient (Wildman–Crippen LogP) is 1.54. The molecule has 0 unspecified atom stereocenters. The molecule has 2 aromatic rings. The van der Waals surface area contributed by atoms with Crippen molar-refractivity contribution in [2.24, 2.45) is 5.92 Å². The van der Waals surface area contributed by atoms with Crippen LogP contribution in [0.25, 0.3) is 0 Å². The molecule has 0 bridgehead atoms. The third-order valence-corrected chi connectivity index (χ3v) is 5.92. The molecule has 4 heterocycles. The molecule has 0 aliphatic carbocycles. The molecule has 0 aromatic carbocycles. The maximum Gasteiger partial charge on any atom is 0.227 e. The van der Waals surface area contributed by atoms with Crippen molar-refractivity contribution < 1.29 is 9.59 Å². The van der Waals surface area contributed by atoms with Crippen LogP contribution in [0.2, 0.25) is 0 Å². The van der Waals surface area contributed by atoms with Gasteiger partial charge >= 0.3 is 0 Å². The molecule has 2 aliphatic heterocycles. The Morgan fingerprint density at radius 1 is 1.28 bits per heavy atom. The van der Waals surface area contributed by atoms with Crippen LogP contribution in [-0.2, 0) is 29.1 Å². The number of aryl methyl sites for hydroxylation is 1. The molecule has 1 fully saturated rings. The minimum atomic E-state index is -0.116. The van der Waals surface area contributed by atoms with E-state index in [2.05, 4.69) is 10.1 Å². The molecule has 8 heteroatoms. The minimum absolute atomic E-state index is 0.0871. The first kappa shape index (κ1) is 19.5. The highest BCUT2D eigenvalue weighted by Crippen LogP contribution is 2.27. The van der Waals surface area contributed by atoms with Gasteiger partial charge in [0.25, 0.3) is 0 Å². The smallest absolute Gasteiger partial charge is 0.227 e. The summed E-state index contributed by atoms with van der Waals surface area (Å²) < 4.78 is 1.84. The van der Waals surface area contributed by atoms with Crippen LogP contribution >= 0.6 is 0 Å². The van der Waals surface area contributed by atoms with Gasteiger partial charge in [-0.3, -0.25) is 14.3 Å². The lowest BCUT2D eigenvalue weighted by atomic mass is 10.0. The SMILES string of the molecule is CC(=O)N1CCc2nc([C@H]3CCN(C(=O)[C@@H](C)Cn4ccc(C)n4)C3)ncc2C1. The molecule has 0 radical (unpaired) electrons. The molecular weight excluding hydrogens is 368 g/mol. The predicted molar refractivity (Wildman–Crippen MR) is 107 cm³/mol. The summed E-state index contributed by atoms with van der Waals surface area (Å²) >= 11 is 0. The number of rotatable bonds is 4. The van der Waals surface area contributed by atoms with E-state index in [9.17, 15) is 9.59 Å². The zero-order valence-corrected chi connectivity index (χ0v) is 17.3. The van der Waals surface area contributed by atoms with E-state index in [-0.39, 0.29) is 23.7 Å². The van der Waals surface area contributed by atoms with Gasteiger partial charge in [-0.25, -0.2) is 9.97 Å². The fourth-order valence-electron chi connectivity index (χ4n) is 4.20. The van der Waals surface area contributed by atoms with Gasteiger partial charge in [-0.05, 0) is 19.4 Å². The Balaban J connectivity index is 1.38. The molecule has 29 heavy (non-hydrogen) atoms. The Kier molecular flexibility index (Phi) is 5.34. The van der Waals surface area contributed by atoms with Crippen molar-refractivity contribution in [3.63, 3.8) is 0 Å². The van der Waals surface area contributed by atoms with Gasteiger partial charge in [0.05, 0.1) is 23.9 Å². The van der Waals surface area contributed by atoms with Gasteiger partial charge in [0.2, 0.25) is 11.8 Å². The number of aromatic nitrogens is 4. The average molecular weight is 396 g/mol. The van der Waals surface area contributed by atoms with E-state index in [0.717, 1.165) is 42.2 Å². The molecule has 8 nitrogen and oxygen atoms in total. The van der Waals surface area contributed by atoms with Crippen LogP contribution in [-0.4, -0.2) is 61.0 Å². The first-order valence-corrected chi connectivity index (χ1v) is 10.3. The Bertz CT molecular complexity index is 924. The van der Waals surface area contributed by atoms with Gasteiger partial charge in [0, 0.05) is 63.4 Å². The third-order valence-electron chi connectivity index (χ3n) is 5.92. The van der Waals surface area contributed by atoms with Crippen LogP contribution in [0.5, 0.6) is 0 Å². The van der Waals surface area contributed by atoms with E-state index in [4.69, 9.17) is 4.98 Å². The molecule has 2 aromatic heterocycles. The molecule has 0 spiro atoms. The molecular formula is C21H28N6O2. The number of nitrogens with zero attached hydrogens (tertiary/aromatic N) is 6. The third kappa shape index (κ3) is 4.16. The fraction of sp³-hybridized carbons (Fsp3) is 0.571. The lowest BCUT2D eigenvalue weighted by Crippen LogP contribution is -2.35. The highest BCUT2D eigenvalue weighted by molar-refractivity contribution is 5.78. The summed E-state index contributed by atoms with van der Waals surface area (Å²) in [5, 5.41) is 4.38. The van der Waals surface area contributed by atoms with E-state index >= 15 is 0 Å². The van der Waals surface area contributed by atoms with E-state index in [1.807, 2.05) is 46.8 Å². The van der Waals surface area contributed by atoms with Crippen molar-refractivity contribution >= 4 is 11.8 Å². The van der Waals surface area contributed by atoms with Gasteiger partial charge in [0.1, 0.15) is 5.82 Å². The Morgan fingerprint density at radius 2 is 2.10 bits per heavy atom. The van der Waals surface area contributed by atoms with Crippen LogP contribution in [0, 0.1) is 12.8 Å². The quantitative estimate of drug-likeness (QED) is 0.783. The summed E-state index contributed by atoms with van der Waals surface area (Å²) in [4.78, 5) is 37.6. The van der Waals surface area contributed by atoms with Gasteiger partial charge in [0.15, 0.2) is 0 Å². The van der Waals surface area contributed by atoms with Crippen LogP contribution < -0.4 is 0 Å². The molecule has 2 amide bonds. The number of fused-ring (bicyclic) bond motifs is 1. The number of hydrogen-bond donors (Lipinski definition) is 0. The number of carbonyl (C=O) groups is 2. The molecule has 2 aliphatic rings. The first-order valence-electron chi connectivity index (χ1n) is 10.3. The van der Waals surface area contributed by atoms with Gasteiger partial charge in [-0.1, -0.05) is 6.92 Å². The molecule has 1 saturated heterocycles. The maximum atomic E-state index is 12.9.